The van der Waals surface area contributed by atoms with Crippen LogP contribution in [0.2, 0.25) is 5.02 Å². The summed E-state index contributed by atoms with van der Waals surface area (Å²) in [6.45, 7) is 0.600. The topological polar surface area (TPSA) is 60.9 Å². The molecule has 2 saturated heterocycles. The first-order valence-corrected chi connectivity index (χ1v) is 9.22. The molecule has 0 bridgehead atoms. The zero-order valence-electron chi connectivity index (χ0n) is 14.5. The molecule has 9 heteroatoms. The van der Waals surface area contributed by atoms with Crippen LogP contribution in [0.15, 0.2) is 18.2 Å². The Morgan fingerprint density at radius 2 is 1.96 bits per heavy atom. The van der Waals surface area contributed by atoms with Gasteiger partial charge in [-0.3, -0.25) is 14.5 Å². The van der Waals surface area contributed by atoms with Crippen molar-refractivity contribution in [1.29, 1.82) is 0 Å². The van der Waals surface area contributed by atoms with Gasteiger partial charge in [-0.15, -0.1) is 0 Å². The normalized spacial score (nSPS) is 24.7. The van der Waals surface area contributed by atoms with Crippen LogP contribution in [0.5, 0.6) is 0 Å². The van der Waals surface area contributed by atoms with Crippen molar-refractivity contribution >= 4 is 29.1 Å². The zero-order valence-corrected chi connectivity index (χ0v) is 15.3. The monoisotopic (exact) mass is 404 g/mol. The van der Waals surface area contributed by atoms with Crippen LogP contribution < -0.4 is 4.90 Å². The Bertz CT molecular complexity index is 739. The maximum Gasteiger partial charge on any atom is 0.417 e. The highest BCUT2D eigenvalue weighted by atomic mass is 35.5. The second kappa shape index (κ2) is 7.77. The van der Waals surface area contributed by atoms with Gasteiger partial charge >= 0.3 is 6.18 Å². The van der Waals surface area contributed by atoms with Crippen LogP contribution in [0.3, 0.4) is 0 Å². The fourth-order valence-electron chi connectivity index (χ4n) is 3.91. The molecule has 148 valence electrons. The molecule has 1 aromatic rings. The average molecular weight is 405 g/mol. The molecule has 0 radical (unpaired) electrons. The third-order valence-electron chi connectivity index (χ3n) is 5.17. The van der Waals surface area contributed by atoms with Gasteiger partial charge in [0.1, 0.15) is 0 Å². The molecule has 0 aliphatic carbocycles. The molecule has 3 rings (SSSR count). The number of imide groups is 1. The standard InChI is InChI=1S/C18H20ClF3N2O3/c19-14-5-4-12(9-13(14)18(20,21)22)24-16(26)10-15(17(24)27)23-7-2-1-3-11(23)6-8-25/h4-5,9,11,15,25H,1-3,6-8,10H2. The second-order valence-corrected chi connectivity index (χ2v) is 7.26. The minimum absolute atomic E-state index is 0.0126. The smallest absolute Gasteiger partial charge is 0.396 e. The summed E-state index contributed by atoms with van der Waals surface area (Å²) in [6.07, 6.45) is -1.60. The molecule has 1 aromatic carbocycles. The number of halogens is 4. The first-order valence-electron chi connectivity index (χ1n) is 8.84. The number of aliphatic hydroxyl groups is 1. The molecule has 2 aliphatic rings. The van der Waals surface area contributed by atoms with Crippen LogP contribution in [-0.4, -0.2) is 47.1 Å². The van der Waals surface area contributed by atoms with Gasteiger partial charge in [0.25, 0.3) is 5.91 Å². The molecule has 1 N–H and O–H groups in total. The molecular formula is C18H20ClF3N2O3. The molecule has 0 saturated carbocycles. The number of carbonyl (C=O) groups excluding carboxylic acids is 2. The maximum absolute atomic E-state index is 13.1. The van der Waals surface area contributed by atoms with Gasteiger partial charge in [0.2, 0.25) is 5.91 Å². The molecule has 2 aliphatic heterocycles. The molecule has 2 unspecified atom stereocenters. The molecule has 2 fully saturated rings. The van der Waals surface area contributed by atoms with E-state index in [2.05, 4.69) is 0 Å². The number of anilines is 1. The first-order chi connectivity index (χ1) is 12.7. The van der Waals surface area contributed by atoms with Crippen molar-refractivity contribution in [3.8, 4) is 0 Å². The number of alkyl halides is 3. The van der Waals surface area contributed by atoms with E-state index < -0.39 is 34.6 Å². The van der Waals surface area contributed by atoms with Crippen molar-refractivity contribution in [2.75, 3.05) is 18.1 Å². The molecule has 2 atom stereocenters. The minimum atomic E-state index is -4.68. The van der Waals surface area contributed by atoms with Crippen LogP contribution in [0.25, 0.3) is 0 Å². The number of hydrogen-bond acceptors (Lipinski definition) is 4. The van der Waals surface area contributed by atoms with Gasteiger partial charge in [-0.25, -0.2) is 4.90 Å². The fraction of sp³-hybridized carbons (Fsp3) is 0.556. The van der Waals surface area contributed by atoms with E-state index in [1.165, 1.54) is 6.07 Å². The van der Waals surface area contributed by atoms with Gasteiger partial charge in [0.15, 0.2) is 0 Å². The summed E-state index contributed by atoms with van der Waals surface area (Å²) in [7, 11) is 0. The lowest BCUT2D eigenvalue weighted by Gasteiger charge is -2.38. The predicted octanol–water partition coefficient (Wildman–Crippen LogP) is 3.23. The number of hydrogen-bond donors (Lipinski definition) is 1. The third-order valence-corrected chi connectivity index (χ3v) is 5.50. The predicted molar refractivity (Wildman–Crippen MR) is 93.4 cm³/mol. The van der Waals surface area contributed by atoms with E-state index in [-0.39, 0.29) is 24.8 Å². The highest BCUT2D eigenvalue weighted by Gasteiger charge is 2.45. The molecule has 2 amide bonds. The Kier molecular flexibility index (Phi) is 5.79. The highest BCUT2D eigenvalue weighted by Crippen LogP contribution is 2.38. The van der Waals surface area contributed by atoms with Crippen molar-refractivity contribution in [3.63, 3.8) is 0 Å². The molecule has 2 heterocycles. The van der Waals surface area contributed by atoms with Crippen molar-refractivity contribution < 1.29 is 27.9 Å². The summed E-state index contributed by atoms with van der Waals surface area (Å²) in [6, 6.07) is 2.31. The van der Waals surface area contributed by atoms with E-state index in [0.717, 1.165) is 36.3 Å². The lowest BCUT2D eigenvalue weighted by Crippen LogP contribution is -2.50. The van der Waals surface area contributed by atoms with Crippen molar-refractivity contribution in [2.24, 2.45) is 0 Å². The quantitative estimate of drug-likeness (QED) is 0.783. The Balaban J connectivity index is 1.88. The average Bonchev–Trinajstić information content (AvgIpc) is 2.90. The maximum atomic E-state index is 13.1. The van der Waals surface area contributed by atoms with Gasteiger partial charge in [0.05, 0.1) is 28.7 Å². The van der Waals surface area contributed by atoms with Gasteiger partial charge in [-0.2, -0.15) is 13.2 Å². The van der Waals surface area contributed by atoms with E-state index in [1.807, 2.05) is 4.90 Å². The molecule has 27 heavy (non-hydrogen) atoms. The summed E-state index contributed by atoms with van der Waals surface area (Å²) in [5.41, 5.74) is -1.21. The number of carbonyl (C=O) groups is 2. The third kappa shape index (κ3) is 3.97. The van der Waals surface area contributed by atoms with E-state index >= 15 is 0 Å². The van der Waals surface area contributed by atoms with Crippen LogP contribution in [0, 0.1) is 0 Å². The number of piperidine rings is 1. The summed E-state index contributed by atoms with van der Waals surface area (Å²) in [5, 5.41) is 8.77. The van der Waals surface area contributed by atoms with Crippen LogP contribution >= 0.6 is 11.6 Å². The number of likely N-dealkylation sites (tertiary alicyclic amines) is 1. The zero-order chi connectivity index (χ0) is 19.8. The Labute approximate surface area is 159 Å². The van der Waals surface area contributed by atoms with E-state index in [4.69, 9.17) is 11.6 Å². The lowest BCUT2D eigenvalue weighted by molar-refractivity contribution is -0.137. The first kappa shape index (κ1) is 20.1. The molecule has 0 aromatic heterocycles. The SMILES string of the molecule is O=C1CC(N2CCCCC2CCO)C(=O)N1c1ccc(Cl)c(C(F)(F)F)c1. The highest BCUT2D eigenvalue weighted by molar-refractivity contribution is 6.31. The summed E-state index contributed by atoms with van der Waals surface area (Å²) >= 11 is 5.62. The Morgan fingerprint density at radius 1 is 1.22 bits per heavy atom. The largest absolute Gasteiger partial charge is 0.417 e. The fourth-order valence-corrected chi connectivity index (χ4v) is 4.13. The van der Waals surface area contributed by atoms with Gasteiger partial charge in [-0.1, -0.05) is 18.0 Å². The minimum Gasteiger partial charge on any atom is -0.396 e. The lowest BCUT2D eigenvalue weighted by atomic mass is 9.97. The van der Waals surface area contributed by atoms with E-state index in [0.29, 0.717) is 13.0 Å². The number of amides is 2. The second-order valence-electron chi connectivity index (χ2n) is 6.85. The summed E-state index contributed by atoms with van der Waals surface area (Å²) in [5.74, 6) is -1.06. The Morgan fingerprint density at radius 3 is 2.63 bits per heavy atom. The number of nitrogens with zero attached hydrogens (tertiary/aromatic N) is 2. The Hall–Kier alpha value is -1.64. The summed E-state index contributed by atoms with van der Waals surface area (Å²) < 4.78 is 39.3. The van der Waals surface area contributed by atoms with Crippen molar-refractivity contribution in [3.05, 3.63) is 28.8 Å². The summed E-state index contributed by atoms with van der Waals surface area (Å²) in [4.78, 5) is 28.1. The molecular weight excluding hydrogens is 385 g/mol. The number of aliphatic hydroxyl groups excluding tert-OH is 1. The van der Waals surface area contributed by atoms with E-state index in [1.54, 1.807) is 0 Å². The molecule has 5 nitrogen and oxygen atoms in total. The van der Waals surface area contributed by atoms with E-state index in [9.17, 15) is 27.9 Å². The van der Waals surface area contributed by atoms with Crippen LogP contribution in [0.1, 0.15) is 37.7 Å². The van der Waals surface area contributed by atoms with Crippen molar-refractivity contribution in [1.82, 2.24) is 4.90 Å². The molecule has 0 spiro atoms. The van der Waals surface area contributed by atoms with Crippen molar-refractivity contribution in [2.45, 2.75) is 50.4 Å². The van der Waals surface area contributed by atoms with Gasteiger partial charge in [-0.05, 0) is 44.0 Å². The number of rotatable bonds is 4. The van der Waals surface area contributed by atoms with Gasteiger partial charge in [0, 0.05) is 12.6 Å². The van der Waals surface area contributed by atoms with Crippen LogP contribution in [-0.2, 0) is 15.8 Å². The number of benzene rings is 1. The van der Waals surface area contributed by atoms with Gasteiger partial charge < -0.3 is 5.11 Å². The van der Waals surface area contributed by atoms with Crippen LogP contribution in [0.4, 0.5) is 18.9 Å².